The van der Waals surface area contributed by atoms with Crippen molar-refractivity contribution in [2.24, 2.45) is 0 Å². The summed E-state index contributed by atoms with van der Waals surface area (Å²) >= 11 is 0. The van der Waals surface area contributed by atoms with E-state index in [2.05, 4.69) is 46.1 Å². The van der Waals surface area contributed by atoms with Gasteiger partial charge in [0, 0.05) is 45.0 Å². The highest BCUT2D eigenvalue weighted by Crippen LogP contribution is 2.16. The molecule has 1 aliphatic heterocycles. The molecule has 0 aromatic carbocycles. The number of hydrogen-bond donors (Lipinski definition) is 1. The van der Waals surface area contributed by atoms with Crippen LogP contribution in [0.3, 0.4) is 0 Å². The molecule has 0 aliphatic carbocycles. The van der Waals surface area contributed by atoms with Gasteiger partial charge in [0.1, 0.15) is 5.82 Å². The normalized spacial score (nSPS) is 18.6. The van der Waals surface area contributed by atoms with Crippen LogP contribution in [0.1, 0.15) is 25.8 Å². The third-order valence-corrected chi connectivity index (χ3v) is 4.04. The first-order valence-corrected chi connectivity index (χ1v) is 7.33. The zero-order chi connectivity index (χ0) is 13.7. The quantitative estimate of drug-likeness (QED) is 0.875. The largest absolute Gasteiger partial charge is 0.354 e. The highest BCUT2D eigenvalue weighted by molar-refractivity contribution is 5.39. The lowest BCUT2D eigenvalue weighted by atomic mass is 10.2. The molecule has 0 radical (unpaired) electrons. The monoisotopic (exact) mass is 262 g/mol. The van der Waals surface area contributed by atoms with Crippen molar-refractivity contribution in [2.45, 2.75) is 32.9 Å². The summed E-state index contributed by atoms with van der Waals surface area (Å²) in [5, 5.41) is 3.15. The second-order valence-corrected chi connectivity index (χ2v) is 5.34. The molecule has 1 unspecified atom stereocenters. The van der Waals surface area contributed by atoms with Crippen LogP contribution in [0.25, 0.3) is 0 Å². The van der Waals surface area contributed by atoms with Gasteiger partial charge in [0.25, 0.3) is 0 Å². The minimum atomic E-state index is 0.702. The number of pyridine rings is 1. The molecule has 0 amide bonds. The molecular formula is C15H26N4. The van der Waals surface area contributed by atoms with Crippen LogP contribution in [0.15, 0.2) is 18.3 Å². The van der Waals surface area contributed by atoms with Crippen LogP contribution < -0.4 is 10.2 Å². The molecule has 0 saturated carbocycles. The molecule has 1 atom stereocenters. The van der Waals surface area contributed by atoms with E-state index in [4.69, 9.17) is 0 Å². The Labute approximate surface area is 116 Å². The van der Waals surface area contributed by atoms with Crippen molar-refractivity contribution in [3.63, 3.8) is 0 Å². The fourth-order valence-electron chi connectivity index (χ4n) is 2.56. The lowest BCUT2D eigenvalue weighted by Crippen LogP contribution is -2.49. The van der Waals surface area contributed by atoms with Gasteiger partial charge in [-0.15, -0.1) is 0 Å². The summed E-state index contributed by atoms with van der Waals surface area (Å²) in [6.45, 7) is 9.93. The minimum Gasteiger partial charge on any atom is -0.354 e. The number of piperazine rings is 1. The van der Waals surface area contributed by atoms with Crippen LogP contribution >= 0.6 is 0 Å². The van der Waals surface area contributed by atoms with Crippen LogP contribution in [0.2, 0.25) is 0 Å². The van der Waals surface area contributed by atoms with Gasteiger partial charge in [-0.1, -0.05) is 13.0 Å². The van der Waals surface area contributed by atoms with Gasteiger partial charge in [0.2, 0.25) is 0 Å². The Hall–Kier alpha value is -1.13. The molecule has 2 rings (SSSR count). The number of hydrogen-bond acceptors (Lipinski definition) is 4. The molecule has 1 aliphatic rings. The van der Waals surface area contributed by atoms with Gasteiger partial charge in [-0.25, -0.2) is 4.98 Å². The maximum absolute atomic E-state index is 4.58. The van der Waals surface area contributed by atoms with E-state index in [0.29, 0.717) is 6.04 Å². The molecule has 19 heavy (non-hydrogen) atoms. The molecule has 1 aromatic rings. The lowest BCUT2D eigenvalue weighted by Gasteiger charge is -2.38. The fraction of sp³-hybridized carbons (Fsp3) is 0.667. The minimum absolute atomic E-state index is 0.702. The summed E-state index contributed by atoms with van der Waals surface area (Å²) < 4.78 is 0. The SMILES string of the molecule is CCC(C)N1CCN(c2ccc(CNC)cn2)CC1. The van der Waals surface area contributed by atoms with E-state index in [1.54, 1.807) is 0 Å². The molecule has 106 valence electrons. The van der Waals surface area contributed by atoms with Crippen molar-refractivity contribution in [2.75, 3.05) is 38.1 Å². The van der Waals surface area contributed by atoms with Crippen molar-refractivity contribution in [1.29, 1.82) is 0 Å². The summed E-state index contributed by atoms with van der Waals surface area (Å²) in [5.74, 6) is 1.11. The first-order chi connectivity index (χ1) is 9.24. The van der Waals surface area contributed by atoms with Crippen LogP contribution in [0, 0.1) is 0 Å². The van der Waals surface area contributed by atoms with Gasteiger partial charge >= 0.3 is 0 Å². The van der Waals surface area contributed by atoms with Crippen molar-refractivity contribution in [1.82, 2.24) is 15.2 Å². The first-order valence-electron chi connectivity index (χ1n) is 7.33. The number of nitrogens with zero attached hydrogens (tertiary/aromatic N) is 3. The predicted octanol–water partition coefficient (Wildman–Crippen LogP) is 1.72. The van der Waals surface area contributed by atoms with Crippen molar-refractivity contribution in [3.8, 4) is 0 Å². The Morgan fingerprint density at radius 3 is 2.53 bits per heavy atom. The van der Waals surface area contributed by atoms with E-state index in [1.807, 2.05) is 13.2 Å². The Morgan fingerprint density at radius 1 is 1.26 bits per heavy atom. The average molecular weight is 262 g/mol. The third kappa shape index (κ3) is 3.67. The maximum atomic E-state index is 4.58. The second kappa shape index (κ2) is 6.87. The van der Waals surface area contributed by atoms with Gasteiger partial charge in [-0.2, -0.15) is 0 Å². The van der Waals surface area contributed by atoms with Crippen molar-refractivity contribution < 1.29 is 0 Å². The second-order valence-electron chi connectivity index (χ2n) is 5.34. The van der Waals surface area contributed by atoms with E-state index in [-0.39, 0.29) is 0 Å². The fourth-order valence-corrected chi connectivity index (χ4v) is 2.56. The van der Waals surface area contributed by atoms with Crippen molar-refractivity contribution in [3.05, 3.63) is 23.9 Å². The highest BCUT2D eigenvalue weighted by Gasteiger charge is 2.20. The zero-order valence-corrected chi connectivity index (χ0v) is 12.4. The van der Waals surface area contributed by atoms with Crippen LogP contribution in [0.5, 0.6) is 0 Å². The predicted molar refractivity (Wildman–Crippen MR) is 80.5 cm³/mol. The van der Waals surface area contributed by atoms with Gasteiger partial charge in [-0.05, 0) is 32.0 Å². The Bertz CT molecular complexity index is 368. The van der Waals surface area contributed by atoms with Gasteiger partial charge in [0.15, 0.2) is 0 Å². The van der Waals surface area contributed by atoms with Crippen LogP contribution in [-0.4, -0.2) is 49.2 Å². The molecule has 2 heterocycles. The maximum Gasteiger partial charge on any atom is 0.128 e. The summed E-state index contributed by atoms with van der Waals surface area (Å²) in [6.07, 6.45) is 3.21. The Balaban J connectivity index is 1.90. The molecule has 1 aromatic heterocycles. The molecule has 4 nitrogen and oxygen atoms in total. The van der Waals surface area contributed by atoms with Crippen LogP contribution in [0.4, 0.5) is 5.82 Å². The average Bonchev–Trinajstić information content (AvgIpc) is 2.48. The topological polar surface area (TPSA) is 31.4 Å². The molecule has 1 N–H and O–H groups in total. The molecular weight excluding hydrogens is 236 g/mol. The molecule has 1 saturated heterocycles. The Morgan fingerprint density at radius 2 is 2.00 bits per heavy atom. The van der Waals surface area contributed by atoms with Gasteiger partial charge < -0.3 is 10.2 Å². The summed E-state index contributed by atoms with van der Waals surface area (Å²) in [6, 6.07) is 5.01. The van der Waals surface area contributed by atoms with E-state index in [9.17, 15) is 0 Å². The molecule has 0 bridgehead atoms. The summed E-state index contributed by atoms with van der Waals surface area (Å²) in [4.78, 5) is 9.54. The number of aromatic nitrogens is 1. The van der Waals surface area contributed by atoms with Gasteiger partial charge in [0.05, 0.1) is 0 Å². The first kappa shape index (κ1) is 14.3. The Kier molecular flexibility index (Phi) is 5.16. The van der Waals surface area contributed by atoms with E-state index < -0.39 is 0 Å². The smallest absolute Gasteiger partial charge is 0.128 e. The summed E-state index contributed by atoms with van der Waals surface area (Å²) in [7, 11) is 1.96. The molecule has 4 heteroatoms. The van der Waals surface area contributed by atoms with Crippen molar-refractivity contribution >= 4 is 5.82 Å². The number of rotatable bonds is 5. The lowest BCUT2D eigenvalue weighted by molar-refractivity contribution is 0.192. The third-order valence-electron chi connectivity index (χ3n) is 4.04. The highest BCUT2D eigenvalue weighted by atomic mass is 15.3. The van der Waals surface area contributed by atoms with E-state index >= 15 is 0 Å². The van der Waals surface area contributed by atoms with E-state index in [0.717, 1.165) is 38.5 Å². The number of nitrogens with one attached hydrogen (secondary N) is 1. The van der Waals surface area contributed by atoms with E-state index in [1.165, 1.54) is 12.0 Å². The van der Waals surface area contributed by atoms with Gasteiger partial charge in [-0.3, -0.25) is 4.90 Å². The molecule has 0 spiro atoms. The molecule has 1 fully saturated rings. The summed E-state index contributed by atoms with van der Waals surface area (Å²) in [5.41, 5.74) is 1.24. The zero-order valence-electron chi connectivity index (χ0n) is 12.4. The number of anilines is 1. The standard InChI is InChI=1S/C15H26N4/c1-4-13(2)18-7-9-19(10-8-18)15-6-5-14(11-16-3)12-17-15/h5-6,12-13,16H,4,7-11H2,1-3H3. The van der Waals surface area contributed by atoms with Crippen LogP contribution in [-0.2, 0) is 6.54 Å².